The summed E-state index contributed by atoms with van der Waals surface area (Å²) in [5.74, 6) is -0.127. The quantitative estimate of drug-likeness (QED) is 0.610. The predicted octanol–water partition coefficient (Wildman–Crippen LogP) is 3.40. The molecule has 1 aliphatic carbocycles. The number of alkyl halides is 3. The summed E-state index contributed by atoms with van der Waals surface area (Å²) in [5.41, 5.74) is -0.334. The first-order valence-corrected chi connectivity index (χ1v) is 12.0. The number of rotatable bonds is 6. The van der Waals surface area contributed by atoms with Crippen LogP contribution in [-0.2, 0) is 11.0 Å². The average Bonchev–Trinajstić information content (AvgIpc) is 3.57. The van der Waals surface area contributed by atoms with Crippen molar-refractivity contribution in [3.05, 3.63) is 29.8 Å². The van der Waals surface area contributed by atoms with Crippen molar-refractivity contribution in [1.29, 1.82) is 0 Å². The maximum Gasteiger partial charge on any atom is 0.416 e. The van der Waals surface area contributed by atoms with Crippen molar-refractivity contribution in [3.8, 4) is 0 Å². The van der Waals surface area contributed by atoms with Gasteiger partial charge in [0.25, 0.3) is 0 Å². The number of amides is 3. The zero-order valence-electron chi connectivity index (χ0n) is 19.5. The number of urea groups is 1. The molecular formula is C24H33F3N4O3. The molecule has 2 heterocycles. The third-order valence-electron chi connectivity index (χ3n) is 7.58. The van der Waals surface area contributed by atoms with E-state index in [-0.39, 0.29) is 23.1 Å². The third-order valence-corrected chi connectivity index (χ3v) is 7.58. The second kappa shape index (κ2) is 9.73. The van der Waals surface area contributed by atoms with Crippen molar-refractivity contribution < 1.29 is 27.9 Å². The van der Waals surface area contributed by atoms with Crippen LogP contribution in [-0.4, -0.2) is 83.2 Å². The zero-order valence-corrected chi connectivity index (χ0v) is 19.5. The predicted molar refractivity (Wildman–Crippen MR) is 121 cm³/mol. The number of piperazine rings is 1. The van der Waals surface area contributed by atoms with Gasteiger partial charge in [-0.15, -0.1) is 0 Å². The number of likely N-dealkylation sites (tertiary alicyclic amines) is 1. The van der Waals surface area contributed by atoms with E-state index in [4.69, 9.17) is 0 Å². The fourth-order valence-corrected chi connectivity index (χ4v) is 5.03. The van der Waals surface area contributed by atoms with E-state index in [9.17, 15) is 27.9 Å². The van der Waals surface area contributed by atoms with Gasteiger partial charge in [-0.05, 0) is 81.8 Å². The largest absolute Gasteiger partial charge is 0.416 e. The minimum absolute atomic E-state index is 0.127. The van der Waals surface area contributed by atoms with E-state index in [1.807, 2.05) is 0 Å². The monoisotopic (exact) mass is 482 g/mol. The number of nitrogens with one attached hydrogen (secondary N) is 1. The standard InChI is InChI=1S/C24H33F3N4O3/c1-17-21(33)30(12-3-2-11-29-13-10-23(8-9-23)20(32)16-29)14-15-31(17)22(34)28-19-6-4-18(5-7-19)24(25,26)27/h4-7,17,20,32H,2-3,8-16H2,1H3,(H,28,34)/t17-,20+/m0/s1. The molecule has 1 aromatic carbocycles. The third kappa shape index (κ3) is 5.49. The molecule has 0 unspecified atom stereocenters. The molecule has 2 saturated heterocycles. The van der Waals surface area contributed by atoms with Crippen LogP contribution < -0.4 is 5.32 Å². The van der Waals surface area contributed by atoms with Gasteiger partial charge in [0.15, 0.2) is 0 Å². The Morgan fingerprint density at radius 3 is 2.38 bits per heavy atom. The van der Waals surface area contributed by atoms with Crippen LogP contribution in [0.5, 0.6) is 0 Å². The van der Waals surface area contributed by atoms with Crippen molar-refractivity contribution in [2.75, 3.05) is 44.6 Å². The van der Waals surface area contributed by atoms with Crippen LogP contribution in [0.15, 0.2) is 24.3 Å². The number of aliphatic hydroxyl groups excluding tert-OH is 1. The molecule has 2 atom stereocenters. The van der Waals surface area contributed by atoms with E-state index in [2.05, 4.69) is 10.2 Å². The molecule has 7 nitrogen and oxygen atoms in total. The number of β-amino-alcohol motifs (C(OH)–C–C–N with tert-alkyl or cyclic N) is 1. The number of aliphatic hydroxyl groups is 1. The normalized spacial score (nSPS) is 25.0. The van der Waals surface area contributed by atoms with Gasteiger partial charge in [-0.3, -0.25) is 4.79 Å². The number of carbonyl (C=O) groups excluding carboxylic acids is 2. The van der Waals surface area contributed by atoms with E-state index in [0.29, 0.717) is 19.6 Å². The number of carbonyl (C=O) groups is 2. The maximum absolute atomic E-state index is 12.8. The lowest BCUT2D eigenvalue weighted by Crippen LogP contribution is -2.58. The van der Waals surface area contributed by atoms with Crippen molar-refractivity contribution in [2.45, 2.75) is 57.3 Å². The molecule has 3 amide bonds. The van der Waals surface area contributed by atoms with Crippen LogP contribution in [0.3, 0.4) is 0 Å². The van der Waals surface area contributed by atoms with Crippen LogP contribution in [0, 0.1) is 5.41 Å². The molecule has 188 valence electrons. The number of piperidine rings is 1. The molecule has 1 saturated carbocycles. The lowest BCUT2D eigenvalue weighted by Gasteiger charge is -2.39. The van der Waals surface area contributed by atoms with E-state index in [1.165, 1.54) is 17.0 Å². The Hall–Kier alpha value is -2.33. The lowest BCUT2D eigenvalue weighted by molar-refractivity contribution is -0.139. The number of hydrogen-bond donors (Lipinski definition) is 2. The van der Waals surface area contributed by atoms with Gasteiger partial charge in [0.1, 0.15) is 6.04 Å². The summed E-state index contributed by atoms with van der Waals surface area (Å²) in [7, 11) is 0. The second-order valence-electron chi connectivity index (χ2n) is 9.84. The summed E-state index contributed by atoms with van der Waals surface area (Å²) < 4.78 is 38.1. The SMILES string of the molecule is C[C@H]1C(=O)N(CCCCN2CCC3(CC3)[C@H](O)C2)CCN1C(=O)Nc1ccc(C(F)(F)F)cc1. The molecule has 10 heteroatoms. The van der Waals surface area contributed by atoms with Crippen LogP contribution in [0.1, 0.15) is 44.6 Å². The van der Waals surface area contributed by atoms with Gasteiger partial charge in [0.2, 0.25) is 5.91 Å². The molecule has 34 heavy (non-hydrogen) atoms. The molecule has 2 N–H and O–H groups in total. The van der Waals surface area contributed by atoms with Gasteiger partial charge in [0.05, 0.1) is 11.7 Å². The van der Waals surface area contributed by atoms with Crippen molar-refractivity contribution >= 4 is 17.6 Å². The molecule has 0 aromatic heterocycles. The van der Waals surface area contributed by atoms with E-state index in [0.717, 1.165) is 63.9 Å². The number of halogens is 3. The fraction of sp³-hybridized carbons (Fsp3) is 0.667. The van der Waals surface area contributed by atoms with Gasteiger partial charge in [-0.1, -0.05) is 0 Å². The molecular weight excluding hydrogens is 449 g/mol. The van der Waals surface area contributed by atoms with Gasteiger partial charge in [0, 0.05) is 31.9 Å². The Morgan fingerprint density at radius 1 is 1.09 bits per heavy atom. The molecule has 3 aliphatic rings. The Bertz CT molecular complexity index is 888. The number of unbranched alkanes of at least 4 members (excludes halogenated alkanes) is 1. The minimum atomic E-state index is -4.44. The molecule has 4 rings (SSSR count). The van der Waals surface area contributed by atoms with Gasteiger partial charge in [-0.25, -0.2) is 4.79 Å². The second-order valence-corrected chi connectivity index (χ2v) is 9.84. The molecule has 2 aliphatic heterocycles. The van der Waals surface area contributed by atoms with Gasteiger partial charge in [-0.2, -0.15) is 13.2 Å². The summed E-state index contributed by atoms with van der Waals surface area (Å²) >= 11 is 0. The van der Waals surface area contributed by atoms with E-state index >= 15 is 0 Å². The van der Waals surface area contributed by atoms with Crippen LogP contribution in [0.4, 0.5) is 23.7 Å². The van der Waals surface area contributed by atoms with Crippen molar-refractivity contribution in [1.82, 2.24) is 14.7 Å². The Balaban J connectivity index is 1.19. The summed E-state index contributed by atoms with van der Waals surface area (Å²) in [6.07, 6.45) is 0.511. The first-order chi connectivity index (χ1) is 16.1. The summed E-state index contributed by atoms with van der Waals surface area (Å²) in [5, 5.41) is 12.9. The highest BCUT2D eigenvalue weighted by molar-refractivity contribution is 5.94. The maximum atomic E-state index is 12.8. The smallest absolute Gasteiger partial charge is 0.391 e. The number of hydrogen-bond acceptors (Lipinski definition) is 4. The summed E-state index contributed by atoms with van der Waals surface area (Å²) in [6.45, 7) is 5.75. The first-order valence-electron chi connectivity index (χ1n) is 12.0. The fourth-order valence-electron chi connectivity index (χ4n) is 5.03. The van der Waals surface area contributed by atoms with Gasteiger partial charge >= 0.3 is 12.2 Å². The Kier molecular flexibility index (Phi) is 7.09. The van der Waals surface area contributed by atoms with Crippen LogP contribution >= 0.6 is 0 Å². The van der Waals surface area contributed by atoms with Crippen molar-refractivity contribution in [2.24, 2.45) is 5.41 Å². The van der Waals surface area contributed by atoms with E-state index < -0.39 is 23.8 Å². The zero-order chi connectivity index (χ0) is 24.5. The molecule has 1 aromatic rings. The van der Waals surface area contributed by atoms with E-state index in [1.54, 1.807) is 11.8 Å². The molecule has 0 radical (unpaired) electrons. The van der Waals surface area contributed by atoms with Crippen molar-refractivity contribution in [3.63, 3.8) is 0 Å². The average molecular weight is 483 g/mol. The van der Waals surface area contributed by atoms with Gasteiger partial charge < -0.3 is 25.1 Å². The Labute approximate surface area is 197 Å². The minimum Gasteiger partial charge on any atom is -0.391 e. The summed E-state index contributed by atoms with van der Waals surface area (Å²) in [6, 6.07) is 3.09. The lowest BCUT2D eigenvalue weighted by atomic mass is 9.90. The highest BCUT2D eigenvalue weighted by atomic mass is 19.4. The Morgan fingerprint density at radius 2 is 1.76 bits per heavy atom. The first kappa shape index (κ1) is 24.8. The highest BCUT2D eigenvalue weighted by Crippen LogP contribution is 2.53. The number of anilines is 1. The van der Waals surface area contributed by atoms with Crippen LogP contribution in [0.25, 0.3) is 0 Å². The molecule has 3 fully saturated rings. The topological polar surface area (TPSA) is 76.1 Å². The van der Waals surface area contributed by atoms with Crippen LogP contribution in [0.2, 0.25) is 0 Å². The molecule has 1 spiro atoms. The summed E-state index contributed by atoms with van der Waals surface area (Å²) in [4.78, 5) is 30.9. The highest BCUT2D eigenvalue weighted by Gasteiger charge is 2.51. The number of benzene rings is 1. The molecule has 0 bridgehead atoms. The number of nitrogens with zero attached hydrogens (tertiary/aromatic N) is 3.